The number of hydrogen-bond acceptors (Lipinski definition) is 3. The maximum atomic E-state index is 12.9. The first-order valence-corrected chi connectivity index (χ1v) is 7.34. The molecule has 110 valence electrons. The van der Waals surface area contributed by atoms with Crippen LogP contribution in [0.5, 0.6) is 5.75 Å². The van der Waals surface area contributed by atoms with Crippen LogP contribution in [0.1, 0.15) is 41.5 Å². The molecule has 0 saturated carbocycles. The van der Waals surface area contributed by atoms with Gasteiger partial charge < -0.3 is 4.74 Å². The lowest BCUT2D eigenvalue weighted by Crippen LogP contribution is -2.21. The van der Waals surface area contributed by atoms with Crippen LogP contribution in [0.2, 0.25) is 0 Å². The highest BCUT2D eigenvalue weighted by atomic mass is 16.5. The molecule has 1 aromatic heterocycles. The number of ether oxygens (including phenoxy) is 1. The van der Waals surface area contributed by atoms with Crippen LogP contribution in [0, 0.1) is 5.92 Å². The second-order valence-corrected chi connectivity index (χ2v) is 5.84. The first-order valence-electron chi connectivity index (χ1n) is 7.34. The summed E-state index contributed by atoms with van der Waals surface area (Å²) in [4.78, 5) is 12.9. The number of carbonyl (C=O) groups is 1. The molecule has 1 aromatic carbocycles. The van der Waals surface area contributed by atoms with Crippen LogP contribution in [0.25, 0.3) is 0 Å². The van der Waals surface area contributed by atoms with Gasteiger partial charge in [0, 0.05) is 12.0 Å². The maximum absolute atomic E-state index is 12.9. The van der Waals surface area contributed by atoms with Crippen molar-refractivity contribution in [2.24, 2.45) is 5.92 Å². The largest absolute Gasteiger partial charge is 0.493 e. The molecule has 4 heteroatoms. The van der Waals surface area contributed by atoms with Crippen molar-refractivity contribution in [3.05, 3.63) is 47.3 Å². The highest BCUT2D eigenvalue weighted by Crippen LogP contribution is 2.32. The number of methoxy groups -OCH3 is 1. The van der Waals surface area contributed by atoms with Crippen LogP contribution in [0.3, 0.4) is 0 Å². The lowest BCUT2D eigenvalue weighted by atomic mass is 9.98. The second-order valence-electron chi connectivity index (χ2n) is 5.84. The second kappa shape index (κ2) is 5.35. The monoisotopic (exact) mass is 284 g/mol. The Labute approximate surface area is 124 Å². The number of nitrogens with zero attached hydrogens (tertiary/aromatic N) is 2. The third-order valence-corrected chi connectivity index (χ3v) is 4.13. The number of aromatic nitrogens is 2. The van der Waals surface area contributed by atoms with E-state index >= 15 is 0 Å². The zero-order valence-corrected chi connectivity index (χ0v) is 12.7. The molecular weight excluding hydrogens is 264 g/mol. The SMILES string of the molecule is COc1cnn(C(C)C)c1C(=O)C1Cc2ccccc2C1. The number of rotatable bonds is 4. The van der Waals surface area contributed by atoms with Gasteiger partial charge in [0.25, 0.3) is 0 Å². The smallest absolute Gasteiger partial charge is 0.188 e. The average molecular weight is 284 g/mol. The molecule has 3 rings (SSSR count). The molecule has 0 N–H and O–H groups in total. The molecule has 0 bridgehead atoms. The fourth-order valence-electron chi connectivity index (χ4n) is 3.06. The molecule has 2 aromatic rings. The van der Waals surface area contributed by atoms with Gasteiger partial charge in [0.2, 0.25) is 0 Å². The third kappa shape index (κ3) is 2.35. The standard InChI is InChI=1S/C17H20N2O2/c1-11(2)19-16(15(21-3)10-18-19)17(20)14-8-12-6-4-5-7-13(12)9-14/h4-7,10-11,14H,8-9H2,1-3H3. The summed E-state index contributed by atoms with van der Waals surface area (Å²) in [6, 6.07) is 8.42. The minimum absolute atomic E-state index is 0.00880. The summed E-state index contributed by atoms with van der Waals surface area (Å²) in [6.07, 6.45) is 3.25. The molecule has 0 amide bonds. The van der Waals surface area contributed by atoms with E-state index in [2.05, 4.69) is 17.2 Å². The molecule has 1 heterocycles. The molecule has 1 aliphatic rings. The third-order valence-electron chi connectivity index (χ3n) is 4.13. The molecule has 0 aliphatic heterocycles. The molecule has 0 radical (unpaired) electrons. The summed E-state index contributed by atoms with van der Waals surface area (Å²) in [6.45, 7) is 4.04. The summed E-state index contributed by atoms with van der Waals surface area (Å²) in [5.41, 5.74) is 3.17. The molecule has 0 fully saturated rings. The van der Waals surface area contributed by atoms with E-state index in [4.69, 9.17) is 4.74 Å². The Hall–Kier alpha value is -2.10. The number of Topliss-reactive ketones (excluding diaryl/α,β-unsaturated/α-hetero) is 1. The van der Waals surface area contributed by atoms with Gasteiger partial charge >= 0.3 is 0 Å². The van der Waals surface area contributed by atoms with Crippen molar-refractivity contribution in [3.8, 4) is 5.75 Å². The molecule has 0 saturated heterocycles. The number of hydrogen-bond donors (Lipinski definition) is 0. The van der Waals surface area contributed by atoms with Crippen LogP contribution in [-0.4, -0.2) is 22.7 Å². The fourth-order valence-corrected chi connectivity index (χ4v) is 3.06. The Bertz CT molecular complexity index is 648. The van der Waals surface area contributed by atoms with E-state index in [-0.39, 0.29) is 17.7 Å². The summed E-state index contributed by atoms with van der Waals surface area (Å²) < 4.78 is 7.10. The Morgan fingerprint density at radius 3 is 2.43 bits per heavy atom. The van der Waals surface area contributed by atoms with Crippen molar-refractivity contribution >= 4 is 5.78 Å². The maximum Gasteiger partial charge on any atom is 0.188 e. The van der Waals surface area contributed by atoms with Crippen molar-refractivity contribution in [2.45, 2.75) is 32.7 Å². The normalized spacial score (nSPS) is 14.5. The number of carbonyl (C=O) groups excluding carboxylic acids is 1. The van der Waals surface area contributed by atoms with Crippen molar-refractivity contribution in [2.75, 3.05) is 7.11 Å². The van der Waals surface area contributed by atoms with Crippen LogP contribution >= 0.6 is 0 Å². The predicted octanol–water partition coefficient (Wildman–Crippen LogP) is 3.07. The first kappa shape index (κ1) is 13.9. The van der Waals surface area contributed by atoms with Crippen LogP contribution in [0.4, 0.5) is 0 Å². The van der Waals surface area contributed by atoms with Crippen LogP contribution in [-0.2, 0) is 12.8 Å². The van der Waals surface area contributed by atoms with Gasteiger partial charge in [-0.3, -0.25) is 9.48 Å². The van der Waals surface area contributed by atoms with E-state index in [9.17, 15) is 4.79 Å². The molecule has 0 atom stereocenters. The topological polar surface area (TPSA) is 44.1 Å². The highest BCUT2D eigenvalue weighted by Gasteiger charge is 2.32. The molecular formula is C17H20N2O2. The minimum atomic E-state index is -0.00880. The van der Waals surface area contributed by atoms with Gasteiger partial charge in [-0.15, -0.1) is 0 Å². The molecule has 0 spiro atoms. The lowest BCUT2D eigenvalue weighted by molar-refractivity contribution is 0.0908. The summed E-state index contributed by atoms with van der Waals surface area (Å²) in [5, 5.41) is 4.30. The van der Waals surface area contributed by atoms with Gasteiger partial charge in [-0.05, 0) is 37.8 Å². The Kier molecular flexibility index (Phi) is 3.53. The number of benzene rings is 1. The van der Waals surface area contributed by atoms with E-state index in [1.807, 2.05) is 26.0 Å². The van der Waals surface area contributed by atoms with Crippen molar-refractivity contribution < 1.29 is 9.53 Å². The predicted molar refractivity (Wildman–Crippen MR) is 80.8 cm³/mol. The van der Waals surface area contributed by atoms with Crippen molar-refractivity contribution in [3.63, 3.8) is 0 Å². The Balaban J connectivity index is 1.92. The van der Waals surface area contributed by atoms with E-state index < -0.39 is 0 Å². The van der Waals surface area contributed by atoms with Gasteiger partial charge in [0.05, 0.1) is 13.3 Å². The van der Waals surface area contributed by atoms with Gasteiger partial charge in [-0.1, -0.05) is 24.3 Å². The molecule has 21 heavy (non-hydrogen) atoms. The minimum Gasteiger partial charge on any atom is -0.493 e. The van der Waals surface area contributed by atoms with Gasteiger partial charge in [0.1, 0.15) is 5.69 Å². The van der Waals surface area contributed by atoms with E-state index in [1.165, 1.54) is 11.1 Å². The van der Waals surface area contributed by atoms with Crippen molar-refractivity contribution in [1.29, 1.82) is 0 Å². The first-order chi connectivity index (χ1) is 10.1. The number of fused-ring (bicyclic) bond motifs is 1. The fraction of sp³-hybridized carbons (Fsp3) is 0.412. The Morgan fingerprint density at radius 1 is 1.29 bits per heavy atom. The zero-order valence-electron chi connectivity index (χ0n) is 12.7. The summed E-state index contributed by atoms with van der Waals surface area (Å²) in [7, 11) is 1.59. The van der Waals surface area contributed by atoms with E-state index in [0.717, 1.165) is 12.8 Å². The lowest BCUT2D eigenvalue weighted by Gasteiger charge is -2.14. The highest BCUT2D eigenvalue weighted by molar-refractivity contribution is 5.99. The molecule has 4 nitrogen and oxygen atoms in total. The Morgan fingerprint density at radius 2 is 1.90 bits per heavy atom. The van der Waals surface area contributed by atoms with Gasteiger partial charge in [-0.2, -0.15) is 5.10 Å². The summed E-state index contributed by atoms with van der Waals surface area (Å²) in [5.74, 6) is 0.699. The summed E-state index contributed by atoms with van der Waals surface area (Å²) >= 11 is 0. The van der Waals surface area contributed by atoms with E-state index in [0.29, 0.717) is 11.4 Å². The number of ketones is 1. The zero-order chi connectivity index (χ0) is 15.0. The van der Waals surface area contributed by atoms with E-state index in [1.54, 1.807) is 18.0 Å². The van der Waals surface area contributed by atoms with Gasteiger partial charge in [0.15, 0.2) is 11.5 Å². The van der Waals surface area contributed by atoms with Crippen LogP contribution < -0.4 is 4.74 Å². The van der Waals surface area contributed by atoms with Crippen molar-refractivity contribution in [1.82, 2.24) is 9.78 Å². The van der Waals surface area contributed by atoms with Gasteiger partial charge in [-0.25, -0.2) is 0 Å². The average Bonchev–Trinajstić information content (AvgIpc) is 3.09. The molecule has 0 unspecified atom stereocenters. The quantitative estimate of drug-likeness (QED) is 0.810. The molecule has 1 aliphatic carbocycles. The van der Waals surface area contributed by atoms with Crippen LogP contribution in [0.15, 0.2) is 30.5 Å².